The highest BCUT2D eigenvalue weighted by molar-refractivity contribution is 5.83. The van der Waals surface area contributed by atoms with Crippen molar-refractivity contribution in [3.8, 4) is 0 Å². The number of hydrogen-bond donors (Lipinski definition) is 4. The molecule has 4 fully saturated rings. The maximum absolute atomic E-state index is 13.8. The van der Waals surface area contributed by atoms with Crippen LogP contribution in [0.25, 0.3) is 0 Å². The van der Waals surface area contributed by atoms with Crippen LogP contribution in [-0.4, -0.2) is 51.8 Å². The van der Waals surface area contributed by atoms with Crippen molar-refractivity contribution >= 4 is 17.6 Å². The number of nitrogens with zero attached hydrogens (tertiary/aromatic N) is 2. The number of likely N-dealkylation sites (tertiary alicyclic amines) is 1. The van der Waals surface area contributed by atoms with E-state index >= 15 is 0 Å². The Morgan fingerprint density at radius 2 is 1.71 bits per heavy atom. The number of nitrogens with one attached hydrogen (secondary N) is 2. The zero-order valence-corrected chi connectivity index (χ0v) is 22.4. The Hall–Kier alpha value is -2.68. The fourth-order valence-electron chi connectivity index (χ4n) is 7.86. The maximum Gasteiger partial charge on any atom is 0.250 e. The van der Waals surface area contributed by atoms with Gasteiger partial charge in [0.25, 0.3) is 5.56 Å². The minimum atomic E-state index is -0.193. The molecular formula is C29H44N6O3. The average molecular weight is 525 g/mol. The van der Waals surface area contributed by atoms with Crippen molar-refractivity contribution < 1.29 is 9.59 Å². The molecule has 2 heterocycles. The van der Waals surface area contributed by atoms with Crippen LogP contribution in [0.1, 0.15) is 83.1 Å². The number of primary amides is 1. The molecule has 0 spiro atoms. The highest BCUT2D eigenvalue weighted by atomic mass is 16.2. The molecule has 3 aliphatic carbocycles. The predicted octanol–water partition coefficient (Wildman–Crippen LogP) is 2.54. The van der Waals surface area contributed by atoms with Gasteiger partial charge in [0.05, 0.1) is 11.9 Å². The summed E-state index contributed by atoms with van der Waals surface area (Å²) in [6.07, 6.45) is 12.7. The van der Waals surface area contributed by atoms with Crippen molar-refractivity contribution in [2.45, 2.75) is 101 Å². The first-order valence-electron chi connectivity index (χ1n) is 14.7. The Morgan fingerprint density at radius 1 is 0.947 bits per heavy atom. The summed E-state index contributed by atoms with van der Waals surface area (Å²) in [5, 5.41) is 11.4. The molecule has 6 N–H and O–H groups in total. The Labute approximate surface area is 225 Å². The van der Waals surface area contributed by atoms with Gasteiger partial charge in [0.2, 0.25) is 11.8 Å². The third-order valence-corrected chi connectivity index (χ3v) is 10.0. The van der Waals surface area contributed by atoms with Crippen LogP contribution in [0.15, 0.2) is 29.2 Å². The van der Waals surface area contributed by atoms with E-state index in [1.165, 1.54) is 0 Å². The van der Waals surface area contributed by atoms with E-state index in [-0.39, 0.29) is 59.2 Å². The van der Waals surface area contributed by atoms with Gasteiger partial charge < -0.3 is 21.4 Å². The second-order valence-electron chi connectivity index (χ2n) is 12.3. The average Bonchev–Trinajstić information content (AvgIpc) is 3.27. The highest BCUT2D eigenvalue weighted by Gasteiger charge is 2.48. The van der Waals surface area contributed by atoms with Gasteiger partial charge in [-0.15, -0.1) is 0 Å². The molecule has 0 bridgehead atoms. The molecule has 1 aromatic heterocycles. The summed E-state index contributed by atoms with van der Waals surface area (Å²) in [7, 11) is 0. The number of carbonyl (C=O) groups is 2. The molecule has 3 saturated carbocycles. The van der Waals surface area contributed by atoms with Crippen molar-refractivity contribution in [1.82, 2.24) is 14.8 Å². The molecule has 9 heteroatoms. The van der Waals surface area contributed by atoms with Crippen LogP contribution in [-0.2, 0) is 9.59 Å². The van der Waals surface area contributed by atoms with Gasteiger partial charge in [0.1, 0.15) is 0 Å². The van der Waals surface area contributed by atoms with Gasteiger partial charge in [-0.05, 0) is 95.0 Å². The number of pyridine rings is 1. The van der Waals surface area contributed by atoms with E-state index in [9.17, 15) is 14.4 Å². The van der Waals surface area contributed by atoms with Gasteiger partial charge in [0.15, 0.2) is 0 Å². The van der Waals surface area contributed by atoms with Gasteiger partial charge in [-0.25, -0.2) is 0 Å². The summed E-state index contributed by atoms with van der Waals surface area (Å²) in [5.74, 6) is 1.14. The third-order valence-electron chi connectivity index (χ3n) is 10.0. The fourth-order valence-corrected chi connectivity index (χ4v) is 7.86. The van der Waals surface area contributed by atoms with Crippen LogP contribution in [0.2, 0.25) is 0 Å². The number of rotatable bonds is 7. The molecule has 0 radical (unpaired) electrons. The lowest BCUT2D eigenvalue weighted by atomic mass is 9.77. The first kappa shape index (κ1) is 26.9. The Bertz CT molecular complexity index is 1080. The molecule has 1 aliphatic heterocycles. The molecule has 38 heavy (non-hydrogen) atoms. The molecule has 5 rings (SSSR count). The number of amides is 2. The largest absolute Gasteiger partial charge is 0.387 e. The van der Waals surface area contributed by atoms with E-state index in [4.69, 9.17) is 16.9 Å². The molecule has 1 saturated heterocycles. The molecule has 4 aliphatic rings. The van der Waals surface area contributed by atoms with E-state index in [1.807, 2.05) is 16.8 Å². The molecule has 9 nitrogen and oxygen atoms in total. The van der Waals surface area contributed by atoms with E-state index in [2.05, 4.69) is 10.2 Å². The highest BCUT2D eigenvalue weighted by Crippen LogP contribution is 2.43. The monoisotopic (exact) mass is 524 g/mol. The Morgan fingerprint density at radius 3 is 2.42 bits per heavy atom. The number of hydrogen-bond acceptors (Lipinski definition) is 5. The van der Waals surface area contributed by atoms with Crippen LogP contribution in [0.4, 0.5) is 0 Å². The van der Waals surface area contributed by atoms with E-state index in [1.54, 1.807) is 12.1 Å². The zero-order chi connectivity index (χ0) is 26.8. The predicted molar refractivity (Wildman–Crippen MR) is 146 cm³/mol. The molecule has 0 aromatic carbocycles. The summed E-state index contributed by atoms with van der Waals surface area (Å²) < 4.78 is 1.82. The van der Waals surface area contributed by atoms with Crippen molar-refractivity contribution in [2.24, 2.45) is 35.1 Å². The molecule has 208 valence electrons. The fraction of sp³-hybridized carbons (Fsp3) is 0.724. The van der Waals surface area contributed by atoms with Crippen molar-refractivity contribution in [1.29, 1.82) is 5.41 Å². The van der Waals surface area contributed by atoms with Gasteiger partial charge in [0, 0.05) is 48.8 Å². The SMILES string of the molecule is N=C(N)C1CCC2CC(C(=O)NC3CCCC(n4ccccc4=O)C3)N(CC3CCC(C(N)=O)CC3)C2C1. The van der Waals surface area contributed by atoms with Crippen LogP contribution < -0.4 is 22.3 Å². The second kappa shape index (κ2) is 11.6. The quantitative estimate of drug-likeness (QED) is 0.320. The normalized spacial score (nSPS) is 35.8. The van der Waals surface area contributed by atoms with E-state index in [0.717, 1.165) is 83.6 Å². The van der Waals surface area contributed by atoms with Crippen molar-refractivity contribution in [2.75, 3.05) is 6.54 Å². The molecule has 2 amide bonds. The smallest absolute Gasteiger partial charge is 0.250 e. The standard InChI is InChI=1S/C29H44N6O3/c30-27(31)21-12-11-20-14-25(35(24(20)15-21)17-18-7-9-19(10-8-18)28(32)37)29(38)33-22-4-3-5-23(16-22)34-13-2-1-6-26(34)36/h1-2,6,13,18-25H,3-5,7-12,14-17H2,(H3,30,31)(H2,32,37)(H,33,38). The van der Waals surface area contributed by atoms with Gasteiger partial charge >= 0.3 is 0 Å². The summed E-state index contributed by atoms with van der Waals surface area (Å²) in [5.41, 5.74) is 11.5. The third kappa shape index (κ3) is 5.82. The molecule has 6 atom stereocenters. The lowest BCUT2D eigenvalue weighted by Crippen LogP contribution is -2.52. The first-order chi connectivity index (χ1) is 18.3. The molecule has 6 unspecified atom stereocenters. The van der Waals surface area contributed by atoms with Gasteiger partial charge in [-0.1, -0.05) is 6.07 Å². The number of nitrogens with two attached hydrogens (primary N) is 2. The number of aromatic nitrogens is 1. The lowest BCUT2D eigenvalue weighted by molar-refractivity contribution is -0.127. The lowest BCUT2D eigenvalue weighted by Gasteiger charge is -2.40. The summed E-state index contributed by atoms with van der Waals surface area (Å²) in [6, 6.07) is 5.54. The van der Waals surface area contributed by atoms with Crippen LogP contribution in [0.3, 0.4) is 0 Å². The van der Waals surface area contributed by atoms with Crippen LogP contribution in [0, 0.1) is 29.1 Å². The maximum atomic E-state index is 13.8. The minimum Gasteiger partial charge on any atom is -0.387 e. The van der Waals surface area contributed by atoms with Crippen LogP contribution in [0.5, 0.6) is 0 Å². The summed E-state index contributed by atoms with van der Waals surface area (Å²) >= 11 is 0. The molecular weight excluding hydrogens is 480 g/mol. The Balaban J connectivity index is 1.27. The minimum absolute atomic E-state index is 0.0154. The number of carbonyl (C=O) groups excluding carboxylic acids is 2. The number of fused-ring (bicyclic) bond motifs is 1. The molecule has 1 aromatic rings. The topological polar surface area (TPSA) is 147 Å². The zero-order valence-electron chi connectivity index (χ0n) is 22.4. The summed E-state index contributed by atoms with van der Waals surface area (Å²) in [6.45, 7) is 0.849. The van der Waals surface area contributed by atoms with Gasteiger partial charge in [-0.3, -0.25) is 24.7 Å². The summed E-state index contributed by atoms with van der Waals surface area (Å²) in [4.78, 5) is 40.3. The van der Waals surface area contributed by atoms with Crippen molar-refractivity contribution in [3.05, 3.63) is 34.7 Å². The Kier molecular flexibility index (Phi) is 8.21. The second-order valence-corrected chi connectivity index (χ2v) is 12.3. The first-order valence-corrected chi connectivity index (χ1v) is 14.7. The van der Waals surface area contributed by atoms with Crippen molar-refractivity contribution in [3.63, 3.8) is 0 Å². The van der Waals surface area contributed by atoms with Gasteiger partial charge in [-0.2, -0.15) is 0 Å². The number of amidine groups is 1. The van der Waals surface area contributed by atoms with Crippen LogP contribution >= 0.6 is 0 Å². The van der Waals surface area contributed by atoms with E-state index < -0.39 is 0 Å². The van der Waals surface area contributed by atoms with E-state index in [0.29, 0.717) is 11.8 Å².